The van der Waals surface area contributed by atoms with Gasteiger partial charge in [-0.25, -0.2) is 0 Å². The first-order chi connectivity index (χ1) is 13.7. The molecule has 2 aromatic rings. The van der Waals surface area contributed by atoms with Crippen LogP contribution in [0.4, 0.5) is 0 Å². The average molecular weight is 391 g/mol. The number of rotatable bonds is 4. The van der Waals surface area contributed by atoms with E-state index in [0.717, 1.165) is 11.1 Å². The maximum atomic E-state index is 13.2. The first kappa shape index (κ1) is 19.4. The first-order valence-electron chi connectivity index (χ1n) is 9.89. The summed E-state index contributed by atoms with van der Waals surface area (Å²) in [7, 11) is 0. The fourth-order valence-corrected chi connectivity index (χ4v) is 4.51. The number of hydrogen-bond donors (Lipinski definition) is 0. The highest BCUT2D eigenvalue weighted by molar-refractivity contribution is 6.42. The average Bonchev–Trinajstić information content (AvgIpc) is 3.29. The molecule has 1 saturated carbocycles. The monoisotopic (exact) mass is 391 g/mol. The van der Waals surface area contributed by atoms with E-state index in [1.54, 1.807) is 25.7 Å². The molecule has 3 atom stereocenters. The quantitative estimate of drug-likeness (QED) is 0.592. The Labute approximate surface area is 170 Å². The number of nitrogens with zero attached hydrogens (tertiary/aromatic N) is 1. The van der Waals surface area contributed by atoms with Crippen molar-refractivity contribution < 1.29 is 19.1 Å². The summed E-state index contributed by atoms with van der Waals surface area (Å²) in [6.45, 7) is 6.02. The molecule has 1 aliphatic carbocycles. The van der Waals surface area contributed by atoms with Gasteiger partial charge in [-0.15, -0.1) is 0 Å². The van der Waals surface area contributed by atoms with E-state index in [1.165, 1.54) is 0 Å². The van der Waals surface area contributed by atoms with Gasteiger partial charge in [0.1, 0.15) is 5.60 Å². The highest BCUT2D eigenvalue weighted by Crippen LogP contribution is 2.68. The predicted octanol–water partition coefficient (Wildman–Crippen LogP) is 3.34. The molecule has 0 radical (unpaired) electrons. The molecule has 4 rings (SSSR count). The Hall–Kier alpha value is -2.95. The number of amides is 1. The van der Waals surface area contributed by atoms with Crippen LogP contribution in [0.1, 0.15) is 37.8 Å². The van der Waals surface area contributed by atoms with Gasteiger partial charge in [-0.05, 0) is 31.9 Å². The lowest BCUT2D eigenvalue weighted by atomic mass is 9.96. The van der Waals surface area contributed by atoms with E-state index in [-0.39, 0.29) is 12.5 Å². The van der Waals surface area contributed by atoms with Crippen LogP contribution in [0.3, 0.4) is 0 Å². The number of benzene rings is 2. The van der Waals surface area contributed by atoms with Crippen LogP contribution < -0.4 is 0 Å². The van der Waals surface area contributed by atoms with Crippen molar-refractivity contribution in [3.8, 4) is 0 Å². The van der Waals surface area contributed by atoms with E-state index >= 15 is 0 Å². The molecular formula is C24H25NO4. The van der Waals surface area contributed by atoms with Crippen molar-refractivity contribution in [1.29, 1.82) is 0 Å². The number of ketones is 1. The van der Waals surface area contributed by atoms with E-state index in [0.29, 0.717) is 6.54 Å². The van der Waals surface area contributed by atoms with Crippen LogP contribution >= 0.6 is 0 Å². The zero-order valence-corrected chi connectivity index (χ0v) is 16.9. The first-order valence-corrected chi connectivity index (χ1v) is 9.89. The van der Waals surface area contributed by atoms with Crippen molar-refractivity contribution in [1.82, 2.24) is 4.90 Å². The predicted molar refractivity (Wildman–Crippen MR) is 108 cm³/mol. The molecule has 2 aromatic carbocycles. The summed E-state index contributed by atoms with van der Waals surface area (Å²) in [6, 6.07) is 19.1. The van der Waals surface area contributed by atoms with Crippen molar-refractivity contribution in [2.45, 2.75) is 38.8 Å². The van der Waals surface area contributed by atoms with E-state index in [1.807, 2.05) is 60.7 Å². The molecule has 29 heavy (non-hydrogen) atoms. The van der Waals surface area contributed by atoms with Gasteiger partial charge in [-0.2, -0.15) is 0 Å². The van der Waals surface area contributed by atoms with E-state index < -0.39 is 34.6 Å². The molecule has 150 valence electrons. The maximum Gasteiger partial charge on any atom is 0.311 e. The van der Waals surface area contributed by atoms with Crippen LogP contribution in [0, 0.1) is 11.3 Å². The number of Topliss-reactive ketones (excluding diaryl/α,β-unsaturated/α-hetero) is 1. The lowest BCUT2D eigenvalue weighted by Crippen LogP contribution is -2.28. The minimum atomic E-state index is -1.03. The molecule has 0 N–H and O–H groups in total. The molecule has 0 aromatic heterocycles. The van der Waals surface area contributed by atoms with Gasteiger partial charge in [0, 0.05) is 19.0 Å². The highest BCUT2D eigenvalue weighted by atomic mass is 16.6. The lowest BCUT2D eigenvalue weighted by Gasteiger charge is -2.20. The fourth-order valence-electron chi connectivity index (χ4n) is 4.51. The second-order valence-corrected chi connectivity index (χ2v) is 8.92. The van der Waals surface area contributed by atoms with Crippen molar-refractivity contribution in [3.63, 3.8) is 0 Å². The third kappa shape index (κ3) is 3.35. The summed E-state index contributed by atoms with van der Waals surface area (Å²) in [4.78, 5) is 40.5. The standard InChI is InChI=1S/C24H25NO4/c1-23(2,3)29-22(28)19-18(17-12-8-5-9-13-17)24(19)15-25(21(27)20(24)26)14-16-10-6-4-7-11-16/h4-13,18-19H,14-15H2,1-3H3/t18-,19+,24-/m1/s1. The number of carbonyl (C=O) groups is 3. The number of hydrogen-bond acceptors (Lipinski definition) is 4. The van der Waals surface area contributed by atoms with Crippen LogP contribution in [0.5, 0.6) is 0 Å². The zero-order valence-electron chi connectivity index (χ0n) is 16.9. The SMILES string of the molecule is CC(C)(C)OC(=O)[C@@H]1[C@@H](c2ccccc2)[C@]12CN(Cc1ccccc1)C(=O)C2=O. The Morgan fingerprint density at radius 3 is 2.21 bits per heavy atom. The van der Waals surface area contributed by atoms with Gasteiger partial charge in [-0.1, -0.05) is 60.7 Å². The summed E-state index contributed by atoms with van der Waals surface area (Å²) in [5.74, 6) is -2.37. The van der Waals surface area contributed by atoms with E-state index in [9.17, 15) is 14.4 Å². The molecular weight excluding hydrogens is 366 g/mol. The molecule has 1 aliphatic heterocycles. The second-order valence-electron chi connectivity index (χ2n) is 8.92. The molecule has 1 amide bonds. The molecule has 2 fully saturated rings. The van der Waals surface area contributed by atoms with Gasteiger partial charge >= 0.3 is 5.97 Å². The maximum absolute atomic E-state index is 13.2. The van der Waals surface area contributed by atoms with Crippen LogP contribution in [0.25, 0.3) is 0 Å². The Kier molecular flexibility index (Phi) is 4.56. The summed E-state index contributed by atoms with van der Waals surface area (Å²) in [5.41, 5.74) is 0.162. The number of esters is 1. The third-order valence-electron chi connectivity index (χ3n) is 5.73. The molecule has 5 nitrogen and oxygen atoms in total. The van der Waals surface area contributed by atoms with Gasteiger partial charge in [-0.3, -0.25) is 14.4 Å². The molecule has 0 bridgehead atoms. The van der Waals surface area contributed by atoms with E-state index in [4.69, 9.17) is 4.74 Å². The number of likely N-dealkylation sites (tertiary alicyclic amines) is 1. The zero-order chi connectivity index (χ0) is 20.8. The topological polar surface area (TPSA) is 63.7 Å². The largest absolute Gasteiger partial charge is 0.460 e. The smallest absolute Gasteiger partial charge is 0.311 e. The fraction of sp³-hybridized carbons (Fsp3) is 0.375. The molecule has 1 saturated heterocycles. The summed E-state index contributed by atoms with van der Waals surface area (Å²) >= 11 is 0. The van der Waals surface area contributed by atoms with Crippen LogP contribution in [0.2, 0.25) is 0 Å². The van der Waals surface area contributed by atoms with Crippen molar-refractivity contribution in [2.75, 3.05) is 6.54 Å². The van der Waals surface area contributed by atoms with Crippen molar-refractivity contribution >= 4 is 17.7 Å². The Balaban J connectivity index is 1.66. The van der Waals surface area contributed by atoms with Gasteiger partial charge in [0.2, 0.25) is 5.78 Å². The minimum absolute atomic E-state index is 0.239. The molecule has 1 heterocycles. The van der Waals surface area contributed by atoms with Gasteiger partial charge < -0.3 is 9.64 Å². The number of carbonyl (C=O) groups excluding carboxylic acids is 3. The highest BCUT2D eigenvalue weighted by Gasteiger charge is 2.78. The van der Waals surface area contributed by atoms with Crippen LogP contribution in [-0.2, 0) is 25.7 Å². The second kappa shape index (κ2) is 6.83. The Morgan fingerprint density at radius 2 is 1.62 bits per heavy atom. The van der Waals surface area contributed by atoms with Gasteiger partial charge in [0.15, 0.2) is 0 Å². The lowest BCUT2D eigenvalue weighted by molar-refractivity contribution is -0.158. The Morgan fingerprint density at radius 1 is 1.03 bits per heavy atom. The minimum Gasteiger partial charge on any atom is -0.460 e. The van der Waals surface area contributed by atoms with Crippen molar-refractivity contribution in [3.05, 3.63) is 71.8 Å². The molecule has 5 heteroatoms. The van der Waals surface area contributed by atoms with Gasteiger partial charge in [0.25, 0.3) is 5.91 Å². The normalized spacial score (nSPS) is 26.1. The molecule has 2 aliphatic rings. The number of ether oxygens (including phenoxy) is 1. The summed E-state index contributed by atoms with van der Waals surface area (Å²) < 4.78 is 5.62. The summed E-state index contributed by atoms with van der Waals surface area (Å²) in [6.07, 6.45) is 0. The summed E-state index contributed by atoms with van der Waals surface area (Å²) in [5, 5.41) is 0. The van der Waals surface area contributed by atoms with Crippen LogP contribution in [-0.4, -0.2) is 34.7 Å². The van der Waals surface area contributed by atoms with Crippen molar-refractivity contribution in [2.24, 2.45) is 11.3 Å². The molecule has 1 spiro atoms. The van der Waals surface area contributed by atoms with Crippen LogP contribution in [0.15, 0.2) is 60.7 Å². The van der Waals surface area contributed by atoms with Gasteiger partial charge in [0.05, 0.1) is 11.3 Å². The third-order valence-corrected chi connectivity index (χ3v) is 5.73. The Bertz CT molecular complexity index is 948. The molecule has 0 unspecified atom stereocenters. The van der Waals surface area contributed by atoms with E-state index in [2.05, 4.69) is 0 Å².